The fourth-order valence-corrected chi connectivity index (χ4v) is 4.51. The lowest BCUT2D eigenvalue weighted by molar-refractivity contribution is 0.0650. The second kappa shape index (κ2) is 8.11. The third-order valence-corrected chi connectivity index (χ3v) is 6.19. The number of piperidine rings is 1. The molecule has 4 aromatic rings. The Labute approximate surface area is 183 Å². The van der Waals surface area contributed by atoms with Crippen molar-refractivity contribution in [3.05, 3.63) is 89.6 Å². The molecule has 0 saturated carbocycles. The van der Waals surface area contributed by atoms with E-state index in [4.69, 9.17) is 0 Å². The van der Waals surface area contributed by atoms with Gasteiger partial charge in [0.25, 0.3) is 5.91 Å². The average Bonchev–Trinajstić information content (AvgIpc) is 2.84. The van der Waals surface area contributed by atoms with E-state index in [2.05, 4.69) is 4.98 Å². The number of ketones is 1. The highest BCUT2D eigenvalue weighted by atomic mass is 19.1. The van der Waals surface area contributed by atoms with E-state index >= 15 is 0 Å². The number of likely N-dealkylation sites (tertiary alicyclic amines) is 1. The van der Waals surface area contributed by atoms with Crippen LogP contribution >= 0.6 is 0 Å². The number of nitrogens with zero attached hydrogens (tertiary/aromatic N) is 2. The van der Waals surface area contributed by atoms with Crippen LogP contribution in [0.1, 0.15) is 33.6 Å². The first-order chi connectivity index (χ1) is 15.5. The molecule has 1 fully saturated rings. The number of hydrogen-bond acceptors (Lipinski definition) is 3. The summed E-state index contributed by atoms with van der Waals surface area (Å²) in [5.74, 6) is -2.35. The van der Waals surface area contributed by atoms with Gasteiger partial charge in [-0.25, -0.2) is 8.78 Å². The maximum Gasteiger partial charge on any atom is 0.256 e. The molecule has 2 heterocycles. The van der Waals surface area contributed by atoms with Crippen molar-refractivity contribution in [1.82, 2.24) is 9.88 Å². The molecule has 0 unspecified atom stereocenters. The van der Waals surface area contributed by atoms with E-state index in [1.807, 2.05) is 42.5 Å². The molecule has 1 aliphatic heterocycles. The Hall–Kier alpha value is -3.67. The number of carbonyl (C=O) groups excluding carboxylic acids is 2. The monoisotopic (exact) mass is 430 g/mol. The van der Waals surface area contributed by atoms with Crippen molar-refractivity contribution in [2.24, 2.45) is 5.92 Å². The van der Waals surface area contributed by atoms with Crippen molar-refractivity contribution >= 4 is 33.4 Å². The van der Waals surface area contributed by atoms with Crippen molar-refractivity contribution in [2.45, 2.75) is 12.8 Å². The molecular weight excluding hydrogens is 410 g/mol. The Morgan fingerprint density at radius 3 is 2.44 bits per heavy atom. The lowest BCUT2D eigenvalue weighted by atomic mass is 9.88. The smallest absolute Gasteiger partial charge is 0.256 e. The van der Waals surface area contributed by atoms with Crippen LogP contribution in [0.2, 0.25) is 0 Å². The highest BCUT2D eigenvalue weighted by Crippen LogP contribution is 2.30. The topological polar surface area (TPSA) is 50.3 Å². The number of benzene rings is 3. The van der Waals surface area contributed by atoms with E-state index in [-0.39, 0.29) is 11.5 Å². The predicted octanol–water partition coefficient (Wildman–Crippen LogP) is 5.40. The number of hydrogen-bond donors (Lipinski definition) is 0. The van der Waals surface area contributed by atoms with Crippen molar-refractivity contribution in [3.63, 3.8) is 0 Å². The molecule has 32 heavy (non-hydrogen) atoms. The highest BCUT2D eigenvalue weighted by Gasteiger charge is 2.30. The first-order valence-corrected chi connectivity index (χ1v) is 10.6. The molecule has 160 valence electrons. The van der Waals surface area contributed by atoms with Crippen LogP contribution < -0.4 is 0 Å². The molecule has 0 atom stereocenters. The van der Waals surface area contributed by atoms with E-state index < -0.39 is 23.3 Å². The third kappa shape index (κ3) is 3.51. The normalized spacial score (nSPS) is 14.8. The van der Waals surface area contributed by atoms with Crippen molar-refractivity contribution in [2.75, 3.05) is 13.1 Å². The van der Waals surface area contributed by atoms with Crippen molar-refractivity contribution < 1.29 is 18.4 Å². The van der Waals surface area contributed by atoms with Gasteiger partial charge in [0, 0.05) is 30.6 Å². The standard InChI is InChI=1S/C26H20F2N2O2/c27-18-7-8-23(28)21(15-18)25(31)16-9-12-30(13-10-16)26(32)22-14-17-4-1-2-5-19(17)20-6-3-11-29-24(20)22/h1-8,11,14-16H,9-10,12-13H2. The van der Waals surface area contributed by atoms with Crippen LogP contribution in [0.25, 0.3) is 21.7 Å². The molecule has 1 saturated heterocycles. The summed E-state index contributed by atoms with van der Waals surface area (Å²) < 4.78 is 27.5. The average molecular weight is 430 g/mol. The van der Waals surface area contributed by atoms with Crippen molar-refractivity contribution in [3.8, 4) is 0 Å². The van der Waals surface area contributed by atoms with Crippen LogP contribution in [-0.4, -0.2) is 34.7 Å². The summed E-state index contributed by atoms with van der Waals surface area (Å²) in [6.07, 6.45) is 2.48. The Bertz CT molecular complexity index is 1360. The van der Waals surface area contributed by atoms with Crippen molar-refractivity contribution in [1.29, 1.82) is 0 Å². The molecule has 1 aliphatic rings. The summed E-state index contributed by atoms with van der Waals surface area (Å²) in [5.41, 5.74) is 0.955. The minimum atomic E-state index is -0.719. The molecule has 0 radical (unpaired) electrons. The zero-order chi connectivity index (χ0) is 22.2. The summed E-state index contributed by atoms with van der Waals surface area (Å²) >= 11 is 0. The second-order valence-electron chi connectivity index (χ2n) is 8.10. The maximum absolute atomic E-state index is 14.0. The molecule has 0 N–H and O–H groups in total. The number of fused-ring (bicyclic) bond motifs is 3. The number of pyridine rings is 1. The number of amides is 1. The van der Waals surface area contributed by atoms with E-state index in [9.17, 15) is 18.4 Å². The minimum Gasteiger partial charge on any atom is -0.339 e. The molecule has 0 bridgehead atoms. The van der Waals surface area contributed by atoms with E-state index in [1.54, 1.807) is 11.1 Å². The van der Waals surface area contributed by atoms with Gasteiger partial charge in [-0.2, -0.15) is 0 Å². The number of aromatic nitrogens is 1. The molecule has 1 aromatic heterocycles. The third-order valence-electron chi connectivity index (χ3n) is 6.19. The van der Waals surface area contributed by atoms with Gasteiger partial charge in [0.1, 0.15) is 11.6 Å². The Balaban J connectivity index is 1.39. The summed E-state index contributed by atoms with van der Waals surface area (Å²) in [7, 11) is 0. The zero-order valence-corrected chi connectivity index (χ0v) is 17.2. The molecule has 5 rings (SSSR count). The fraction of sp³-hybridized carbons (Fsp3) is 0.192. The molecule has 6 heteroatoms. The van der Waals surface area contributed by atoms with Crippen LogP contribution in [0.3, 0.4) is 0 Å². The summed E-state index contributed by atoms with van der Waals surface area (Å²) in [5, 5.41) is 2.91. The van der Waals surface area contributed by atoms with Gasteiger partial charge in [-0.05, 0) is 53.9 Å². The van der Waals surface area contributed by atoms with Gasteiger partial charge in [0.2, 0.25) is 0 Å². The van der Waals surface area contributed by atoms with Crippen LogP contribution in [0.4, 0.5) is 8.78 Å². The summed E-state index contributed by atoms with van der Waals surface area (Å²) in [4.78, 5) is 32.3. The predicted molar refractivity (Wildman–Crippen MR) is 119 cm³/mol. The summed E-state index contributed by atoms with van der Waals surface area (Å²) in [6.45, 7) is 0.737. The van der Waals surface area contributed by atoms with E-state index in [0.717, 1.165) is 34.4 Å². The Morgan fingerprint density at radius 1 is 0.875 bits per heavy atom. The molecule has 1 amide bonds. The number of halogens is 2. The quantitative estimate of drug-likeness (QED) is 0.323. The second-order valence-corrected chi connectivity index (χ2v) is 8.10. The van der Waals surface area contributed by atoms with Crippen LogP contribution in [-0.2, 0) is 0 Å². The van der Waals surface area contributed by atoms with E-state index in [1.165, 1.54) is 0 Å². The van der Waals surface area contributed by atoms with Gasteiger partial charge in [-0.3, -0.25) is 14.6 Å². The fourth-order valence-electron chi connectivity index (χ4n) is 4.51. The molecular formula is C26H20F2N2O2. The number of carbonyl (C=O) groups is 2. The molecule has 0 spiro atoms. The lowest BCUT2D eigenvalue weighted by Crippen LogP contribution is -2.40. The van der Waals surface area contributed by atoms with Crippen LogP contribution in [0, 0.1) is 17.6 Å². The van der Waals surface area contributed by atoms with Gasteiger partial charge in [0.05, 0.1) is 16.6 Å². The van der Waals surface area contributed by atoms with Gasteiger partial charge in [0.15, 0.2) is 5.78 Å². The molecule has 0 aliphatic carbocycles. The minimum absolute atomic E-state index is 0.137. The summed E-state index contributed by atoms with van der Waals surface area (Å²) in [6, 6.07) is 16.5. The Kier molecular flexibility index (Phi) is 5.13. The first kappa shape index (κ1) is 20.2. The Morgan fingerprint density at radius 2 is 1.62 bits per heavy atom. The van der Waals surface area contributed by atoms with Gasteiger partial charge in [-0.1, -0.05) is 30.3 Å². The number of rotatable bonds is 3. The lowest BCUT2D eigenvalue weighted by Gasteiger charge is -2.31. The van der Waals surface area contributed by atoms with Gasteiger partial charge in [-0.15, -0.1) is 0 Å². The van der Waals surface area contributed by atoms with Crippen LogP contribution in [0.15, 0.2) is 66.9 Å². The molecule has 3 aromatic carbocycles. The molecule has 4 nitrogen and oxygen atoms in total. The van der Waals surface area contributed by atoms with E-state index in [0.29, 0.717) is 37.0 Å². The first-order valence-electron chi connectivity index (χ1n) is 10.6. The zero-order valence-electron chi connectivity index (χ0n) is 17.2. The highest BCUT2D eigenvalue weighted by molar-refractivity contribution is 6.15. The maximum atomic E-state index is 14.0. The van der Waals surface area contributed by atoms with Crippen LogP contribution in [0.5, 0.6) is 0 Å². The van der Waals surface area contributed by atoms with Gasteiger partial charge < -0.3 is 4.90 Å². The SMILES string of the molecule is O=C(c1cc(F)ccc1F)C1CCN(C(=O)c2cc3ccccc3c3cccnc23)CC1. The number of Topliss-reactive ketones (excluding diaryl/α,β-unsaturated/α-hetero) is 1. The largest absolute Gasteiger partial charge is 0.339 e. The van der Waals surface area contributed by atoms with Gasteiger partial charge >= 0.3 is 0 Å².